The maximum atomic E-state index is 12.0. The normalized spacial score (nSPS) is 17.5. The average Bonchev–Trinajstić information content (AvgIpc) is 2.99. The SMILES string of the molecule is O=C(O)CCCNC(=O)N1CCC(CSc2ccccc2)C1. The smallest absolute Gasteiger partial charge is 0.317 e. The minimum absolute atomic E-state index is 0.0717. The van der Waals surface area contributed by atoms with Crippen molar-refractivity contribution in [3.63, 3.8) is 0 Å². The molecule has 1 aliphatic heterocycles. The van der Waals surface area contributed by atoms with Crippen LogP contribution in [0.1, 0.15) is 19.3 Å². The number of nitrogens with zero attached hydrogens (tertiary/aromatic N) is 1. The van der Waals surface area contributed by atoms with Gasteiger partial charge in [0.1, 0.15) is 0 Å². The van der Waals surface area contributed by atoms with Gasteiger partial charge < -0.3 is 15.3 Å². The molecule has 0 saturated carbocycles. The van der Waals surface area contributed by atoms with Gasteiger partial charge in [0, 0.05) is 36.7 Å². The van der Waals surface area contributed by atoms with Gasteiger partial charge in [0.2, 0.25) is 0 Å². The lowest BCUT2D eigenvalue weighted by Crippen LogP contribution is -2.39. The third kappa shape index (κ3) is 5.60. The fourth-order valence-electron chi connectivity index (χ4n) is 2.43. The molecule has 2 rings (SSSR count). The molecular weight excluding hydrogens is 300 g/mol. The number of hydrogen-bond donors (Lipinski definition) is 2. The van der Waals surface area contributed by atoms with E-state index in [1.54, 1.807) is 0 Å². The highest BCUT2D eigenvalue weighted by Gasteiger charge is 2.25. The lowest BCUT2D eigenvalue weighted by atomic mass is 10.2. The summed E-state index contributed by atoms with van der Waals surface area (Å²) in [6, 6.07) is 10.2. The van der Waals surface area contributed by atoms with Crippen molar-refractivity contribution in [2.45, 2.75) is 24.2 Å². The molecule has 5 nitrogen and oxygen atoms in total. The average molecular weight is 322 g/mol. The number of benzene rings is 1. The van der Waals surface area contributed by atoms with E-state index in [4.69, 9.17) is 5.11 Å². The molecule has 1 fully saturated rings. The van der Waals surface area contributed by atoms with Gasteiger partial charge in [0.15, 0.2) is 0 Å². The Labute approximate surface area is 135 Å². The van der Waals surface area contributed by atoms with Crippen LogP contribution in [0.15, 0.2) is 35.2 Å². The van der Waals surface area contributed by atoms with E-state index < -0.39 is 5.97 Å². The Morgan fingerprint density at radius 1 is 1.32 bits per heavy atom. The van der Waals surface area contributed by atoms with E-state index in [0.717, 1.165) is 25.3 Å². The quantitative estimate of drug-likeness (QED) is 0.598. The van der Waals surface area contributed by atoms with Crippen molar-refractivity contribution in [1.82, 2.24) is 10.2 Å². The van der Waals surface area contributed by atoms with Crippen LogP contribution in [0.2, 0.25) is 0 Å². The molecule has 0 radical (unpaired) electrons. The molecule has 1 atom stereocenters. The van der Waals surface area contributed by atoms with Crippen LogP contribution in [-0.2, 0) is 4.79 Å². The maximum Gasteiger partial charge on any atom is 0.317 e. The number of rotatable bonds is 7. The van der Waals surface area contributed by atoms with E-state index in [2.05, 4.69) is 17.4 Å². The minimum Gasteiger partial charge on any atom is -0.481 e. The summed E-state index contributed by atoms with van der Waals surface area (Å²) in [5.74, 6) is 0.718. The first kappa shape index (κ1) is 16.7. The molecule has 0 aromatic heterocycles. The summed E-state index contributed by atoms with van der Waals surface area (Å²) in [4.78, 5) is 25.5. The first-order valence-electron chi connectivity index (χ1n) is 7.57. The molecule has 2 amide bonds. The lowest BCUT2D eigenvalue weighted by Gasteiger charge is -2.17. The molecule has 0 aliphatic carbocycles. The second-order valence-corrected chi connectivity index (χ2v) is 6.55. The van der Waals surface area contributed by atoms with Gasteiger partial charge >= 0.3 is 12.0 Å². The molecule has 120 valence electrons. The Hall–Kier alpha value is -1.69. The van der Waals surface area contributed by atoms with Crippen molar-refractivity contribution in [2.75, 3.05) is 25.4 Å². The van der Waals surface area contributed by atoms with Crippen LogP contribution >= 0.6 is 11.8 Å². The summed E-state index contributed by atoms with van der Waals surface area (Å²) in [5.41, 5.74) is 0. The fourth-order valence-corrected chi connectivity index (χ4v) is 3.48. The summed E-state index contributed by atoms with van der Waals surface area (Å²) in [6.07, 6.45) is 1.60. The Bertz CT molecular complexity index is 495. The van der Waals surface area contributed by atoms with Crippen LogP contribution < -0.4 is 5.32 Å². The third-order valence-electron chi connectivity index (χ3n) is 3.65. The van der Waals surface area contributed by atoms with Crippen LogP contribution in [0.25, 0.3) is 0 Å². The number of carbonyl (C=O) groups excluding carboxylic acids is 1. The van der Waals surface area contributed by atoms with E-state index in [0.29, 0.717) is 18.9 Å². The van der Waals surface area contributed by atoms with Gasteiger partial charge in [0.25, 0.3) is 0 Å². The first-order chi connectivity index (χ1) is 10.6. The Morgan fingerprint density at radius 2 is 2.09 bits per heavy atom. The molecule has 22 heavy (non-hydrogen) atoms. The number of aliphatic carboxylic acids is 1. The number of amides is 2. The highest BCUT2D eigenvalue weighted by molar-refractivity contribution is 7.99. The van der Waals surface area contributed by atoms with E-state index in [-0.39, 0.29) is 12.5 Å². The number of carboxylic acids is 1. The van der Waals surface area contributed by atoms with Gasteiger partial charge in [-0.2, -0.15) is 0 Å². The fraction of sp³-hybridized carbons (Fsp3) is 0.500. The molecule has 1 unspecified atom stereocenters. The standard InChI is InChI=1S/C16H22N2O3S/c19-15(20)7-4-9-17-16(21)18-10-8-13(11-18)12-22-14-5-2-1-3-6-14/h1-3,5-6,13H,4,7-12H2,(H,17,21)(H,19,20). The zero-order valence-corrected chi connectivity index (χ0v) is 13.3. The number of likely N-dealkylation sites (tertiary alicyclic amines) is 1. The number of nitrogens with one attached hydrogen (secondary N) is 1. The van der Waals surface area contributed by atoms with E-state index in [1.807, 2.05) is 34.9 Å². The van der Waals surface area contributed by atoms with Gasteiger partial charge in [-0.1, -0.05) is 18.2 Å². The highest BCUT2D eigenvalue weighted by Crippen LogP contribution is 2.25. The first-order valence-corrected chi connectivity index (χ1v) is 8.56. The molecule has 1 aliphatic rings. The van der Waals surface area contributed by atoms with E-state index in [1.165, 1.54) is 4.90 Å². The zero-order chi connectivity index (χ0) is 15.8. The van der Waals surface area contributed by atoms with E-state index in [9.17, 15) is 9.59 Å². The summed E-state index contributed by atoms with van der Waals surface area (Å²) in [6.45, 7) is 1.99. The van der Waals surface area contributed by atoms with Crippen LogP contribution in [0.4, 0.5) is 4.79 Å². The number of carboxylic acid groups (broad SMARTS) is 1. The Balaban J connectivity index is 1.64. The molecule has 0 bridgehead atoms. The molecule has 1 aromatic carbocycles. The minimum atomic E-state index is -0.826. The van der Waals surface area contributed by atoms with Gasteiger partial charge in [0.05, 0.1) is 0 Å². The third-order valence-corrected chi connectivity index (χ3v) is 4.89. The monoisotopic (exact) mass is 322 g/mol. The number of carbonyl (C=O) groups is 2. The van der Waals surface area contributed by atoms with Gasteiger partial charge in [-0.05, 0) is 30.9 Å². The van der Waals surface area contributed by atoms with E-state index >= 15 is 0 Å². The van der Waals surface area contributed by atoms with Crippen molar-refractivity contribution in [3.05, 3.63) is 30.3 Å². The highest BCUT2D eigenvalue weighted by atomic mass is 32.2. The Kier molecular flexibility index (Phi) is 6.58. The molecule has 2 N–H and O–H groups in total. The van der Waals surface area contributed by atoms with Crippen molar-refractivity contribution in [1.29, 1.82) is 0 Å². The van der Waals surface area contributed by atoms with Crippen LogP contribution in [-0.4, -0.2) is 47.4 Å². The molecule has 6 heteroatoms. The van der Waals surface area contributed by atoms with Gasteiger partial charge in [-0.25, -0.2) is 4.79 Å². The van der Waals surface area contributed by atoms with Crippen molar-refractivity contribution >= 4 is 23.8 Å². The van der Waals surface area contributed by atoms with Gasteiger partial charge in [-0.15, -0.1) is 11.8 Å². The molecule has 1 saturated heterocycles. The lowest BCUT2D eigenvalue weighted by molar-refractivity contribution is -0.137. The summed E-state index contributed by atoms with van der Waals surface area (Å²) in [7, 11) is 0. The Morgan fingerprint density at radius 3 is 2.82 bits per heavy atom. The van der Waals surface area contributed by atoms with Crippen molar-refractivity contribution < 1.29 is 14.7 Å². The molecule has 1 aromatic rings. The number of urea groups is 1. The maximum absolute atomic E-state index is 12.0. The summed E-state index contributed by atoms with van der Waals surface area (Å²) < 4.78 is 0. The number of hydrogen-bond acceptors (Lipinski definition) is 3. The topological polar surface area (TPSA) is 69.6 Å². The van der Waals surface area contributed by atoms with Crippen LogP contribution in [0.5, 0.6) is 0 Å². The van der Waals surface area contributed by atoms with Gasteiger partial charge in [-0.3, -0.25) is 4.79 Å². The molecular formula is C16H22N2O3S. The summed E-state index contributed by atoms with van der Waals surface area (Å²) in [5, 5.41) is 11.3. The molecule has 0 spiro atoms. The zero-order valence-electron chi connectivity index (χ0n) is 12.5. The predicted molar refractivity (Wildman–Crippen MR) is 87.1 cm³/mol. The van der Waals surface area contributed by atoms with Crippen LogP contribution in [0.3, 0.4) is 0 Å². The number of thioether (sulfide) groups is 1. The van der Waals surface area contributed by atoms with Crippen molar-refractivity contribution in [3.8, 4) is 0 Å². The predicted octanol–water partition coefficient (Wildman–Crippen LogP) is 2.68. The largest absolute Gasteiger partial charge is 0.481 e. The van der Waals surface area contributed by atoms with Crippen LogP contribution in [0, 0.1) is 5.92 Å². The second kappa shape index (κ2) is 8.68. The second-order valence-electron chi connectivity index (χ2n) is 5.45. The summed E-state index contributed by atoms with van der Waals surface area (Å²) >= 11 is 1.83. The molecule has 1 heterocycles. The van der Waals surface area contributed by atoms with Crippen molar-refractivity contribution in [2.24, 2.45) is 5.92 Å².